The van der Waals surface area contributed by atoms with E-state index in [0.717, 1.165) is 0 Å². The molecule has 0 aliphatic carbocycles. The monoisotopic (exact) mass is 320 g/mol. The number of aliphatic hydroxyl groups is 2. The summed E-state index contributed by atoms with van der Waals surface area (Å²) in [6, 6.07) is 0. The molecule has 1 aromatic rings. The van der Waals surface area contributed by atoms with Crippen LogP contribution in [0.2, 0.25) is 0 Å². The summed E-state index contributed by atoms with van der Waals surface area (Å²) >= 11 is 3.23. The molecule has 0 unspecified atom stereocenters. The molecule has 0 bridgehead atoms. The second-order valence-electron chi connectivity index (χ2n) is 4.16. The highest BCUT2D eigenvalue weighted by atomic mass is 79.9. The minimum absolute atomic E-state index is 0.350. The third kappa shape index (κ3) is 2.16. The lowest BCUT2D eigenvalue weighted by atomic mass is 10.2. The van der Waals surface area contributed by atoms with Gasteiger partial charge in [-0.3, -0.25) is 14.3 Å². The van der Waals surface area contributed by atoms with Crippen molar-refractivity contribution in [3.05, 3.63) is 32.6 Å². The molecule has 0 spiro atoms. The average Bonchev–Trinajstić information content (AvgIpc) is 2.61. The fourth-order valence-corrected chi connectivity index (χ4v) is 2.57. The van der Waals surface area contributed by atoms with Crippen molar-refractivity contribution in [1.82, 2.24) is 9.55 Å². The fourth-order valence-electron chi connectivity index (χ4n) is 1.85. The van der Waals surface area contributed by atoms with Gasteiger partial charge < -0.3 is 14.9 Å². The van der Waals surface area contributed by atoms with Gasteiger partial charge in [0, 0.05) is 11.8 Å². The van der Waals surface area contributed by atoms with E-state index in [4.69, 9.17) is 9.84 Å². The number of hydrogen-bond acceptors (Lipinski definition) is 5. The molecule has 1 aromatic heterocycles. The predicted octanol–water partition coefficient (Wildman–Crippen LogP) is -1.14. The molecule has 1 fully saturated rings. The molecule has 18 heavy (non-hydrogen) atoms. The van der Waals surface area contributed by atoms with Crippen molar-refractivity contribution in [3.63, 3.8) is 0 Å². The number of nitrogens with zero attached hydrogens (tertiary/aromatic N) is 1. The maximum Gasteiger partial charge on any atom is 0.330 e. The number of nitrogens with one attached hydrogen (secondary N) is 1. The Kier molecular flexibility index (Phi) is 3.71. The van der Waals surface area contributed by atoms with Crippen molar-refractivity contribution in [3.8, 4) is 0 Å². The Bertz CT molecular complexity index is 554. The van der Waals surface area contributed by atoms with Crippen LogP contribution < -0.4 is 11.2 Å². The molecular formula is C10H13BrN2O5. The summed E-state index contributed by atoms with van der Waals surface area (Å²) < 4.78 is 6.58. The van der Waals surface area contributed by atoms with Gasteiger partial charge in [0.15, 0.2) is 6.23 Å². The number of H-pyrrole nitrogens is 1. The van der Waals surface area contributed by atoms with Gasteiger partial charge in [-0.25, -0.2) is 4.79 Å². The minimum Gasteiger partial charge on any atom is -0.394 e. The first kappa shape index (κ1) is 13.5. The zero-order valence-corrected chi connectivity index (χ0v) is 11.1. The van der Waals surface area contributed by atoms with Crippen LogP contribution in [0.1, 0.15) is 11.8 Å². The number of halogens is 1. The molecule has 0 saturated carbocycles. The molecule has 8 heteroatoms. The number of hydrogen-bond donors (Lipinski definition) is 3. The molecule has 0 radical (unpaired) electrons. The summed E-state index contributed by atoms with van der Waals surface area (Å²) in [5.41, 5.74) is -0.717. The van der Waals surface area contributed by atoms with Gasteiger partial charge in [-0.1, -0.05) is 15.9 Å². The molecule has 0 aromatic carbocycles. The summed E-state index contributed by atoms with van der Waals surface area (Å²) in [5, 5.41) is 18.8. The van der Waals surface area contributed by atoms with Crippen LogP contribution in [-0.4, -0.2) is 43.4 Å². The molecule has 1 saturated heterocycles. The molecule has 0 amide bonds. The van der Waals surface area contributed by atoms with Gasteiger partial charge >= 0.3 is 5.69 Å². The standard InChI is InChI=1S/C10H13BrN2O5/c1-4-2-13(10(17)12-8(4)16)9-6(11)7(15)5(3-14)18-9/h2,5-7,9,14-15H,3H2,1H3,(H,12,16,17)/t5-,6-,7+,9-/m0/s1. The summed E-state index contributed by atoms with van der Waals surface area (Å²) in [6.07, 6.45) is -1.11. The first-order chi connectivity index (χ1) is 8.45. The zero-order chi connectivity index (χ0) is 13.4. The Hall–Kier alpha value is -0.960. The predicted molar refractivity (Wildman–Crippen MR) is 65.8 cm³/mol. The lowest BCUT2D eigenvalue weighted by Gasteiger charge is -2.17. The molecular weight excluding hydrogens is 308 g/mol. The van der Waals surface area contributed by atoms with Gasteiger partial charge in [0.2, 0.25) is 0 Å². The van der Waals surface area contributed by atoms with Crippen LogP contribution in [0.5, 0.6) is 0 Å². The lowest BCUT2D eigenvalue weighted by Crippen LogP contribution is -2.36. The van der Waals surface area contributed by atoms with Crippen LogP contribution in [0.4, 0.5) is 0 Å². The van der Waals surface area contributed by atoms with E-state index in [9.17, 15) is 14.7 Å². The SMILES string of the molecule is Cc1cn([C@H]2O[C@@H](CO)[C@@H](O)[C@@H]2Br)c(=O)[nH]c1=O. The summed E-state index contributed by atoms with van der Waals surface area (Å²) in [4.78, 5) is 24.6. The van der Waals surface area contributed by atoms with Crippen molar-refractivity contribution in [2.45, 2.75) is 30.2 Å². The zero-order valence-electron chi connectivity index (χ0n) is 9.54. The second-order valence-corrected chi connectivity index (χ2v) is 5.22. The largest absolute Gasteiger partial charge is 0.394 e. The minimum atomic E-state index is -0.931. The quantitative estimate of drug-likeness (QED) is 0.597. The lowest BCUT2D eigenvalue weighted by molar-refractivity contribution is -0.0457. The van der Waals surface area contributed by atoms with Gasteiger partial charge in [0.1, 0.15) is 6.10 Å². The third-order valence-corrected chi connectivity index (χ3v) is 3.89. The second kappa shape index (κ2) is 4.96. The van der Waals surface area contributed by atoms with E-state index in [2.05, 4.69) is 20.9 Å². The van der Waals surface area contributed by atoms with E-state index < -0.39 is 34.5 Å². The van der Waals surface area contributed by atoms with E-state index in [1.54, 1.807) is 6.92 Å². The van der Waals surface area contributed by atoms with Crippen LogP contribution >= 0.6 is 15.9 Å². The maximum atomic E-state index is 11.7. The Morgan fingerprint density at radius 3 is 2.78 bits per heavy atom. The van der Waals surface area contributed by atoms with Crippen molar-refractivity contribution in [2.75, 3.05) is 6.61 Å². The molecule has 4 atom stereocenters. The number of aryl methyl sites for hydroxylation is 1. The number of ether oxygens (including phenoxy) is 1. The molecule has 2 heterocycles. The highest BCUT2D eigenvalue weighted by molar-refractivity contribution is 9.09. The highest BCUT2D eigenvalue weighted by Crippen LogP contribution is 2.33. The topological polar surface area (TPSA) is 105 Å². The molecule has 3 N–H and O–H groups in total. The first-order valence-corrected chi connectivity index (χ1v) is 6.27. The smallest absolute Gasteiger partial charge is 0.330 e. The van der Waals surface area contributed by atoms with Crippen LogP contribution in [0.15, 0.2) is 15.8 Å². The highest BCUT2D eigenvalue weighted by Gasteiger charge is 2.43. The Balaban J connectivity index is 2.42. The third-order valence-electron chi connectivity index (χ3n) is 2.89. The number of alkyl halides is 1. The molecule has 1 aliphatic heterocycles. The van der Waals surface area contributed by atoms with Crippen molar-refractivity contribution < 1.29 is 14.9 Å². The van der Waals surface area contributed by atoms with Crippen LogP contribution in [0.25, 0.3) is 0 Å². The molecule has 1 aliphatic rings. The Morgan fingerprint density at radius 1 is 1.56 bits per heavy atom. The van der Waals surface area contributed by atoms with E-state index in [1.165, 1.54) is 10.8 Å². The average molecular weight is 321 g/mol. The molecule has 2 rings (SSSR count). The summed E-state index contributed by atoms with van der Waals surface area (Å²) in [6.45, 7) is 1.21. The number of rotatable bonds is 2. The molecule has 7 nitrogen and oxygen atoms in total. The number of aromatic amines is 1. The Morgan fingerprint density at radius 2 is 2.22 bits per heavy atom. The summed E-state index contributed by atoms with van der Waals surface area (Å²) in [5.74, 6) is 0. The number of aliphatic hydroxyl groups excluding tert-OH is 2. The molecule has 100 valence electrons. The van der Waals surface area contributed by atoms with Gasteiger partial charge in [0.05, 0.1) is 17.5 Å². The first-order valence-electron chi connectivity index (χ1n) is 5.36. The van der Waals surface area contributed by atoms with Gasteiger partial charge in [-0.2, -0.15) is 0 Å². The van der Waals surface area contributed by atoms with Gasteiger partial charge in [-0.15, -0.1) is 0 Å². The van der Waals surface area contributed by atoms with E-state index in [0.29, 0.717) is 5.56 Å². The van der Waals surface area contributed by atoms with Crippen molar-refractivity contribution in [2.24, 2.45) is 0 Å². The Labute approximate surface area is 110 Å². The summed E-state index contributed by atoms with van der Waals surface area (Å²) in [7, 11) is 0. The fraction of sp³-hybridized carbons (Fsp3) is 0.600. The van der Waals surface area contributed by atoms with Gasteiger partial charge in [0.25, 0.3) is 5.56 Å². The van der Waals surface area contributed by atoms with Gasteiger partial charge in [-0.05, 0) is 6.92 Å². The van der Waals surface area contributed by atoms with Crippen LogP contribution in [-0.2, 0) is 4.74 Å². The normalized spacial score (nSPS) is 31.8. The number of aromatic nitrogens is 2. The van der Waals surface area contributed by atoms with Crippen molar-refractivity contribution in [1.29, 1.82) is 0 Å². The van der Waals surface area contributed by atoms with Crippen LogP contribution in [0, 0.1) is 6.92 Å². The van der Waals surface area contributed by atoms with E-state index in [-0.39, 0.29) is 6.61 Å². The van der Waals surface area contributed by atoms with Crippen LogP contribution in [0.3, 0.4) is 0 Å². The maximum absolute atomic E-state index is 11.7. The van der Waals surface area contributed by atoms with Crippen molar-refractivity contribution >= 4 is 15.9 Å². The van der Waals surface area contributed by atoms with E-state index >= 15 is 0 Å². The van der Waals surface area contributed by atoms with E-state index in [1.807, 2.05) is 0 Å².